The minimum Gasteiger partial charge on any atom is -0.349 e. The first kappa shape index (κ1) is 16.1. The molecule has 7 nitrogen and oxygen atoms in total. The van der Waals surface area contributed by atoms with Crippen molar-refractivity contribution in [2.45, 2.75) is 26.9 Å². The number of aromatic amines is 1. The van der Waals surface area contributed by atoms with Crippen LogP contribution >= 0.6 is 0 Å². The van der Waals surface area contributed by atoms with Gasteiger partial charge in [0.1, 0.15) is 5.52 Å². The number of aromatic nitrogens is 5. The van der Waals surface area contributed by atoms with E-state index < -0.39 is 0 Å². The van der Waals surface area contributed by atoms with Crippen molar-refractivity contribution >= 4 is 11.0 Å². The number of para-hydroxylation sites is 1. The van der Waals surface area contributed by atoms with Crippen LogP contribution in [0.2, 0.25) is 0 Å². The van der Waals surface area contributed by atoms with Crippen LogP contribution in [0.1, 0.15) is 13.8 Å². The highest BCUT2D eigenvalue weighted by atomic mass is 16.2. The molecule has 0 amide bonds. The molecule has 0 unspecified atom stereocenters. The maximum atomic E-state index is 12.6. The Balaban J connectivity index is 1.89. The monoisotopic (exact) mass is 349 g/mol. The van der Waals surface area contributed by atoms with Crippen molar-refractivity contribution in [3.8, 4) is 16.9 Å². The summed E-state index contributed by atoms with van der Waals surface area (Å²) in [5, 5.41) is 4.39. The van der Waals surface area contributed by atoms with Gasteiger partial charge >= 0.3 is 5.69 Å². The van der Waals surface area contributed by atoms with E-state index in [1.165, 1.54) is 4.57 Å². The molecule has 4 aromatic rings. The lowest BCUT2D eigenvalue weighted by Crippen LogP contribution is -2.39. The van der Waals surface area contributed by atoms with Crippen molar-refractivity contribution < 1.29 is 0 Å². The van der Waals surface area contributed by atoms with E-state index in [4.69, 9.17) is 0 Å². The van der Waals surface area contributed by atoms with Crippen LogP contribution in [-0.2, 0) is 13.1 Å². The average molecular weight is 349 g/mol. The number of H-pyrrole nitrogens is 1. The van der Waals surface area contributed by atoms with E-state index in [-0.39, 0.29) is 11.2 Å². The van der Waals surface area contributed by atoms with Crippen molar-refractivity contribution in [1.82, 2.24) is 23.9 Å². The topological polar surface area (TPSA) is 77.6 Å². The van der Waals surface area contributed by atoms with Crippen LogP contribution in [0.4, 0.5) is 0 Å². The highest BCUT2D eigenvalue weighted by Crippen LogP contribution is 2.22. The van der Waals surface area contributed by atoms with E-state index in [0.29, 0.717) is 24.1 Å². The summed E-state index contributed by atoms with van der Waals surface area (Å²) in [6.45, 7) is 4.53. The Labute approximate surface area is 149 Å². The van der Waals surface area contributed by atoms with Crippen molar-refractivity contribution in [2.24, 2.45) is 0 Å². The number of aryl methyl sites for hydroxylation is 1. The molecule has 26 heavy (non-hydrogen) atoms. The lowest BCUT2D eigenvalue weighted by Gasteiger charge is -2.07. The smallest absolute Gasteiger partial charge is 0.331 e. The molecule has 3 aromatic heterocycles. The molecule has 0 spiro atoms. The van der Waals surface area contributed by atoms with Crippen molar-refractivity contribution in [3.63, 3.8) is 0 Å². The molecule has 4 rings (SSSR count). The van der Waals surface area contributed by atoms with Crippen LogP contribution in [0, 0.1) is 0 Å². The van der Waals surface area contributed by atoms with Gasteiger partial charge in [0.05, 0.1) is 23.1 Å². The Kier molecular flexibility index (Phi) is 3.84. The fourth-order valence-electron chi connectivity index (χ4n) is 3.21. The first-order valence-corrected chi connectivity index (χ1v) is 8.60. The number of hydrogen-bond acceptors (Lipinski definition) is 3. The number of rotatable bonds is 4. The molecule has 0 saturated carbocycles. The summed E-state index contributed by atoms with van der Waals surface area (Å²) in [6, 6.07) is 11.6. The summed E-state index contributed by atoms with van der Waals surface area (Å²) in [6.07, 6.45) is 3.64. The van der Waals surface area contributed by atoms with E-state index in [1.54, 1.807) is 22.4 Å². The van der Waals surface area contributed by atoms with Crippen molar-refractivity contribution in [3.05, 3.63) is 69.6 Å². The number of nitrogens with zero attached hydrogens (tertiary/aromatic N) is 4. The molecule has 7 heteroatoms. The standard InChI is InChI=1S/C19H19N5O2/c1-3-22-16-10-15(21-17(16)18(25)23(4-2)19(22)26)13-11-20-24(12-13)14-8-6-5-7-9-14/h5-12,21H,3-4H2,1-2H3. The van der Waals surface area contributed by atoms with E-state index in [1.807, 2.05) is 49.5 Å². The zero-order valence-corrected chi connectivity index (χ0v) is 14.6. The van der Waals surface area contributed by atoms with Crippen LogP contribution in [0.3, 0.4) is 0 Å². The zero-order chi connectivity index (χ0) is 18.3. The van der Waals surface area contributed by atoms with Crippen LogP contribution in [0.25, 0.3) is 28.0 Å². The predicted octanol–water partition coefficient (Wildman–Crippen LogP) is 2.38. The largest absolute Gasteiger partial charge is 0.349 e. The van der Waals surface area contributed by atoms with Gasteiger partial charge in [0.2, 0.25) is 0 Å². The molecule has 1 aromatic carbocycles. The van der Waals surface area contributed by atoms with Crippen LogP contribution in [0.5, 0.6) is 0 Å². The molecule has 0 bridgehead atoms. The summed E-state index contributed by atoms with van der Waals surface area (Å²) in [5.74, 6) is 0. The first-order chi connectivity index (χ1) is 12.6. The fourth-order valence-corrected chi connectivity index (χ4v) is 3.21. The maximum absolute atomic E-state index is 12.6. The molecule has 0 radical (unpaired) electrons. The van der Waals surface area contributed by atoms with Crippen LogP contribution < -0.4 is 11.2 Å². The lowest BCUT2D eigenvalue weighted by atomic mass is 10.2. The number of hydrogen-bond donors (Lipinski definition) is 1. The summed E-state index contributed by atoms with van der Waals surface area (Å²) in [7, 11) is 0. The number of fused-ring (bicyclic) bond motifs is 1. The number of benzene rings is 1. The second-order valence-electron chi connectivity index (χ2n) is 6.03. The second kappa shape index (κ2) is 6.18. The molecule has 0 fully saturated rings. The highest BCUT2D eigenvalue weighted by molar-refractivity contribution is 5.82. The summed E-state index contributed by atoms with van der Waals surface area (Å²) < 4.78 is 4.64. The Morgan fingerprint density at radius 3 is 2.46 bits per heavy atom. The van der Waals surface area contributed by atoms with Gasteiger partial charge in [-0.15, -0.1) is 0 Å². The Hall–Kier alpha value is -3.35. The van der Waals surface area contributed by atoms with E-state index in [9.17, 15) is 9.59 Å². The molecule has 0 saturated heterocycles. The quantitative estimate of drug-likeness (QED) is 0.614. The molecular weight excluding hydrogens is 330 g/mol. The Bertz CT molecular complexity index is 1190. The molecular formula is C19H19N5O2. The molecule has 132 valence electrons. The molecule has 0 aliphatic heterocycles. The number of nitrogens with one attached hydrogen (secondary N) is 1. The fraction of sp³-hybridized carbons (Fsp3) is 0.211. The third-order valence-electron chi connectivity index (χ3n) is 4.56. The van der Waals surface area contributed by atoms with Crippen LogP contribution in [0.15, 0.2) is 58.4 Å². The van der Waals surface area contributed by atoms with Gasteiger partial charge < -0.3 is 4.98 Å². The van der Waals surface area contributed by atoms with Gasteiger partial charge in [-0.2, -0.15) is 5.10 Å². The maximum Gasteiger partial charge on any atom is 0.331 e. The predicted molar refractivity (Wildman–Crippen MR) is 101 cm³/mol. The molecule has 1 N–H and O–H groups in total. The SMILES string of the molecule is CCn1c(=O)c2[nH]c(-c3cnn(-c4ccccc4)c3)cc2n(CC)c1=O. The van der Waals surface area contributed by atoms with E-state index >= 15 is 0 Å². The van der Waals surface area contributed by atoms with E-state index in [2.05, 4.69) is 10.1 Å². The van der Waals surface area contributed by atoms with Gasteiger partial charge in [-0.1, -0.05) is 18.2 Å². The minimum atomic E-state index is -0.293. The normalized spacial score (nSPS) is 11.3. The van der Waals surface area contributed by atoms with Gasteiger partial charge in [-0.05, 0) is 32.0 Å². The Morgan fingerprint density at radius 1 is 1.04 bits per heavy atom. The molecule has 3 heterocycles. The minimum absolute atomic E-state index is 0.280. The summed E-state index contributed by atoms with van der Waals surface area (Å²) in [5.41, 5.74) is 3.05. The highest BCUT2D eigenvalue weighted by Gasteiger charge is 2.15. The van der Waals surface area contributed by atoms with Crippen molar-refractivity contribution in [1.29, 1.82) is 0 Å². The van der Waals surface area contributed by atoms with Gasteiger partial charge in [-0.25, -0.2) is 9.48 Å². The summed E-state index contributed by atoms with van der Waals surface area (Å²) >= 11 is 0. The lowest BCUT2D eigenvalue weighted by molar-refractivity contribution is 0.608. The van der Waals surface area contributed by atoms with Gasteiger partial charge in [0, 0.05) is 24.8 Å². The first-order valence-electron chi connectivity index (χ1n) is 8.60. The van der Waals surface area contributed by atoms with Gasteiger partial charge in [0.25, 0.3) is 5.56 Å². The second-order valence-corrected chi connectivity index (χ2v) is 6.03. The summed E-state index contributed by atoms with van der Waals surface area (Å²) in [4.78, 5) is 28.3. The third-order valence-corrected chi connectivity index (χ3v) is 4.56. The molecule has 0 atom stereocenters. The van der Waals surface area contributed by atoms with Crippen LogP contribution in [-0.4, -0.2) is 23.9 Å². The van der Waals surface area contributed by atoms with Gasteiger partial charge in [0.15, 0.2) is 0 Å². The molecule has 0 aliphatic rings. The Morgan fingerprint density at radius 2 is 1.77 bits per heavy atom. The van der Waals surface area contributed by atoms with Crippen molar-refractivity contribution in [2.75, 3.05) is 0 Å². The van der Waals surface area contributed by atoms with E-state index in [0.717, 1.165) is 16.9 Å². The average Bonchev–Trinajstić information content (AvgIpc) is 3.31. The zero-order valence-electron chi connectivity index (χ0n) is 14.6. The van der Waals surface area contributed by atoms with Gasteiger partial charge in [-0.3, -0.25) is 13.9 Å². The molecule has 0 aliphatic carbocycles. The third kappa shape index (κ3) is 2.40.